The van der Waals surface area contributed by atoms with Crippen LogP contribution in [0, 0.1) is 0 Å². The molecule has 0 bridgehead atoms. The van der Waals surface area contributed by atoms with Crippen molar-refractivity contribution in [2.75, 3.05) is 0 Å². The molecular weight excluding hydrogens is 228 g/mol. The molecule has 2 atom stereocenters. The molecule has 5 heteroatoms. The molecule has 0 amide bonds. The summed E-state index contributed by atoms with van der Waals surface area (Å²) in [6.45, 7) is 2.60. The number of hydrogen-bond acceptors (Lipinski definition) is 4. The summed E-state index contributed by atoms with van der Waals surface area (Å²) in [5.74, 6) is 0.982. The molecule has 2 N–H and O–H groups in total. The van der Waals surface area contributed by atoms with E-state index in [0.29, 0.717) is 6.54 Å². The molecule has 0 aliphatic carbocycles. The monoisotopic (exact) mass is 244 g/mol. The van der Waals surface area contributed by atoms with Gasteiger partial charge in [-0.05, 0) is 18.6 Å². The fourth-order valence-corrected chi connectivity index (χ4v) is 2.18. The number of rotatable bonds is 3. The fourth-order valence-electron chi connectivity index (χ4n) is 2.18. The second-order valence-electron chi connectivity index (χ2n) is 4.71. The summed E-state index contributed by atoms with van der Waals surface area (Å²) < 4.78 is 7.66. The predicted molar refractivity (Wildman–Crippen MR) is 67.2 cm³/mol. The zero-order valence-corrected chi connectivity index (χ0v) is 10.3. The quantitative estimate of drug-likeness (QED) is 0.883. The maximum atomic E-state index is 5.86. The van der Waals surface area contributed by atoms with Gasteiger partial charge >= 0.3 is 0 Å². The summed E-state index contributed by atoms with van der Waals surface area (Å²) in [4.78, 5) is 0. The Labute approximate surface area is 106 Å². The van der Waals surface area contributed by atoms with Crippen LogP contribution in [0.1, 0.15) is 24.2 Å². The van der Waals surface area contributed by atoms with Crippen LogP contribution in [0.4, 0.5) is 0 Å². The van der Waals surface area contributed by atoms with Gasteiger partial charge in [0.2, 0.25) is 0 Å². The van der Waals surface area contributed by atoms with Crippen LogP contribution in [0.25, 0.3) is 0 Å². The molecule has 2 unspecified atom stereocenters. The van der Waals surface area contributed by atoms with Crippen molar-refractivity contribution in [2.45, 2.75) is 32.0 Å². The van der Waals surface area contributed by atoms with Gasteiger partial charge in [-0.2, -0.15) is 0 Å². The number of para-hydroxylation sites is 1. The van der Waals surface area contributed by atoms with E-state index in [0.717, 1.165) is 17.9 Å². The Kier molecular flexibility index (Phi) is 2.76. The zero-order chi connectivity index (χ0) is 12.5. The first-order valence-electron chi connectivity index (χ1n) is 6.12. The van der Waals surface area contributed by atoms with Crippen LogP contribution in [0.5, 0.6) is 5.75 Å². The molecule has 1 aliphatic rings. The van der Waals surface area contributed by atoms with Crippen molar-refractivity contribution in [1.82, 2.24) is 15.0 Å². The van der Waals surface area contributed by atoms with Gasteiger partial charge in [0.05, 0.1) is 18.4 Å². The summed E-state index contributed by atoms with van der Waals surface area (Å²) in [5, 5.41) is 8.11. The van der Waals surface area contributed by atoms with E-state index in [2.05, 4.69) is 16.4 Å². The third-order valence-electron chi connectivity index (χ3n) is 3.13. The van der Waals surface area contributed by atoms with E-state index in [1.54, 1.807) is 4.68 Å². The molecular formula is C13H16N4O. The SMILES string of the molecule is CC(N)c1cn(CC2Cc3ccccc3O2)nn1. The molecule has 1 aromatic heterocycles. The van der Waals surface area contributed by atoms with Crippen LogP contribution >= 0.6 is 0 Å². The second-order valence-corrected chi connectivity index (χ2v) is 4.71. The molecule has 0 saturated heterocycles. The van der Waals surface area contributed by atoms with E-state index in [-0.39, 0.29) is 12.1 Å². The fraction of sp³-hybridized carbons (Fsp3) is 0.385. The molecule has 18 heavy (non-hydrogen) atoms. The molecule has 0 spiro atoms. The van der Waals surface area contributed by atoms with E-state index >= 15 is 0 Å². The van der Waals surface area contributed by atoms with Crippen LogP contribution in [0.3, 0.4) is 0 Å². The lowest BCUT2D eigenvalue weighted by molar-refractivity contribution is 0.202. The van der Waals surface area contributed by atoms with Crippen molar-refractivity contribution in [3.63, 3.8) is 0 Å². The third-order valence-corrected chi connectivity index (χ3v) is 3.13. The smallest absolute Gasteiger partial charge is 0.123 e. The Hall–Kier alpha value is -1.88. The standard InChI is InChI=1S/C13H16N4O/c1-9(14)12-8-17(16-15-12)7-11-6-10-4-2-3-5-13(10)18-11/h2-5,8-9,11H,6-7,14H2,1H3. The Morgan fingerprint density at radius 1 is 1.50 bits per heavy atom. The average Bonchev–Trinajstić information content (AvgIpc) is 2.94. The highest BCUT2D eigenvalue weighted by Crippen LogP contribution is 2.28. The lowest BCUT2D eigenvalue weighted by Gasteiger charge is -2.09. The summed E-state index contributed by atoms with van der Waals surface area (Å²) in [7, 11) is 0. The molecule has 1 aromatic carbocycles. The minimum absolute atomic E-state index is 0.0829. The minimum Gasteiger partial charge on any atom is -0.488 e. The lowest BCUT2D eigenvalue weighted by atomic mass is 10.1. The first-order chi connectivity index (χ1) is 8.72. The first kappa shape index (κ1) is 11.2. The highest BCUT2D eigenvalue weighted by Gasteiger charge is 2.23. The van der Waals surface area contributed by atoms with Crippen molar-refractivity contribution < 1.29 is 4.74 Å². The summed E-state index contributed by atoms with van der Waals surface area (Å²) in [5.41, 5.74) is 7.83. The van der Waals surface area contributed by atoms with Gasteiger partial charge in [0.15, 0.2) is 0 Å². The topological polar surface area (TPSA) is 66.0 Å². The highest BCUT2D eigenvalue weighted by atomic mass is 16.5. The maximum absolute atomic E-state index is 5.86. The van der Waals surface area contributed by atoms with Gasteiger partial charge in [-0.15, -0.1) is 5.10 Å². The second kappa shape index (κ2) is 4.42. The number of aromatic nitrogens is 3. The van der Waals surface area contributed by atoms with Crippen LogP contribution in [-0.4, -0.2) is 21.1 Å². The van der Waals surface area contributed by atoms with Gasteiger partial charge in [0.25, 0.3) is 0 Å². The number of nitrogens with two attached hydrogens (primary N) is 1. The van der Waals surface area contributed by atoms with E-state index < -0.39 is 0 Å². The maximum Gasteiger partial charge on any atom is 0.123 e. The Bertz CT molecular complexity index is 524. The highest BCUT2D eigenvalue weighted by molar-refractivity contribution is 5.37. The van der Waals surface area contributed by atoms with Crippen molar-refractivity contribution >= 4 is 0 Å². The first-order valence-corrected chi connectivity index (χ1v) is 6.12. The zero-order valence-electron chi connectivity index (χ0n) is 10.3. The number of fused-ring (bicyclic) bond motifs is 1. The molecule has 5 nitrogen and oxygen atoms in total. The molecule has 94 valence electrons. The van der Waals surface area contributed by atoms with E-state index in [9.17, 15) is 0 Å². The summed E-state index contributed by atoms with van der Waals surface area (Å²) in [6, 6.07) is 8.05. The summed E-state index contributed by atoms with van der Waals surface area (Å²) in [6.07, 6.45) is 2.94. The number of benzene rings is 1. The molecule has 3 rings (SSSR count). The number of hydrogen-bond donors (Lipinski definition) is 1. The van der Waals surface area contributed by atoms with Gasteiger partial charge in [-0.3, -0.25) is 0 Å². The molecule has 0 fully saturated rings. The molecule has 0 saturated carbocycles. The van der Waals surface area contributed by atoms with E-state index in [1.165, 1.54) is 5.56 Å². The Balaban J connectivity index is 1.68. The molecule has 2 aromatic rings. The lowest BCUT2D eigenvalue weighted by Crippen LogP contribution is -2.21. The van der Waals surface area contributed by atoms with Crippen LogP contribution in [0.15, 0.2) is 30.5 Å². The van der Waals surface area contributed by atoms with E-state index in [4.69, 9.17) is 10.5 Å². The van der Waals surface area contributed by atoms with Crippen LogP contribution in [-0.2, 0) is 13.0 Å². The molecule has 2 heterocycles. The van der Waals surface area contributed by atoms with Crippen LogP contribution in [0.2, 0.25) is 0 Å². The normalized spacial score (nSPS) is 19.3. The van der Waals surface area contributed by atoms with Crippen molar-refractivity contribution in [3.8, 4) is 5.75 Å². The molecule has 1 aliphatic heterocycles. The van der Waals surface area contributed by atoms with Crippen molar-refractivity contribution in [1.29, 1.82) is 0 Å². The minimum atomic E-state index is -0.0829. The van der Waals surface area contributed by atoms with Crippen LogP contribution < -0.4 is 10.5 Å². The predicted octanol–water partition coefficient (Wildman–Crippen LogP) is 1.30. The Morgan fingerprint density at radius 3 is 3.06 bits per heavy atom. The van der Waals surface area contributed by atoms with Gasteiger partial charge in [-0.1, -0.05) is 23.4 Å². The number of ether oxygens (including phenoxy) is 1. The van der Waals surface area contributed by atoms with Gasteiger partial charge in [0, 0.05) is 12.5 Å². The van der Waals surface area contributed by atoms with E-state index in [1.807, 2.05) is 31.3 Å². The van der Waals surface area contributed by atoms with Crippen molar-refractivity contribution in [2.24, 2.45) is 5.73 Å². The summed E-state index contributed by atoms with van der Waals surface area (Å²) >= 11 is 0. The molecule has 0 radical (unpaired) electrons. The van der Waals surface area contributed by atoms with Crippen molar-refractivity contribution in [3.05, 3.63) is 41.7 Å². The van der Waals surface area contributed by atoms with Gasteiger partial charge < -0.3 is 10.5 Å². The van der Waals surface area contributed by atoms with Gasteiger partial charge in [0.1, 0.15) is 11.9 Å². The number of nitrogens with zero attached hydrogens (tertiary/aromatic N) is 3. The average molecular weight is 244 g/mol. The third kappa shape index (κ3) is 2.09. The Morgan fingerprint density at radius 2 is 2.33 bits per heavy atom. The van der Waals surface area contributed by atoms with Gasteiger partial charge in [-0.25, -0.2) is 4.68 Å². The largest absolute Gasteiger partial charge is 0.488 e.